The van der Waals surface area contributed by atoms with Crippen molar-refractivity contribution in [2.75, 3.05) is 0 Å². The minimum Gasteiger partial charge on any atom is -0.258 e. The highest BCUT2D eigenvalue weighted by Gasteiger charge is 2.12. The Kier molecular flexibility index (Phi) is 5.22. The molecule has 0 N–H and O–H groups in total. The van der Waals surface area contributed by atoms with Crippen LogP contribution in [0.4, 0.5) is 5.69 Å². The van der Waals surface area contributed by atoms with Crippen LogP contribution in [0.2, 0.25) is 0 Å². The first-order valence-corrected chi connectivity index (χ1v) is 6.34. The number of nitrogens with zero attached hydrogens (tertiary/aromatic N) is 1. The Labute approximate surface area is 108 Å². The molecule has 1 atom stereocenters. The molecule has 0 saturated heterocycles. The number of non-ortho nitro benzene ring substituents is 1. The smallest absolute Gasteiger partial charge is 0.258 e. The second-order valence-electron chi connectivity index (χ2n) is 3.62. The highest BCUT2D eigenvalue weighted by molar-refractivity contribution is 9.10. The quantitative estimate of drug-likeness (QED) is 0.462. The summed E-state index contributed by atoms with van der Waals surface area (Å²) in [4.78, 5) is 10.1. The van der Waals surface area contributed by atoms with Gasteiger partial charge in [-0.15, -0.1) is 11.6 Å². The lowest BCUT2D eigenvalue weighted by molar-refractivity contribution is -0.384. The topological polar surface area (TPSA) is 43.1 Å². The summed E-state index contributed by atoms with van der Waals surface area (Å²) in [6.07, 6.45) is 2.72. The summed E-state index contributed by atoms with van der Waals surface area (Å²) >= 11 is 9.47. The van der Waals surface area contributed by atoms with Crippen molar-refractivity contribution in [2.45, 2.75) is 31.6 Å². The molecule has 0 heterocycles. The van der Waals surface area contributed by atoms with Gasteiger partial charge in [-0.3, -0.25) is 10.1 Å². The van der Waals surface area contributed by atoms with Crippen LogP contribution < -0.4 is 0 Å². The van der Waals surface area contributed by atoms with E-state index in [0.717, 1.165) is 29.3 Å². The maximum atomic E-state index is 10.5. The van der Waals surface area contributed by atoms with Crippen molar-refractivity contribution in [3.63, 3.8) is 0 Å². The van der Waals surface area contributed by atoms with E-state index in [1.165, 1.54) is 12.1 Å². The van der Waals surface area contributed by atoms with Gasteiger partial charge in [0.1, 0.15) is 0 Å². The van der Waals surface area contributed by atoms with Crippen LogP contribution in [0, 0.1) is 10.1 Å². The molecule has 0 aliphatic carbocycles. The van der Waals surface area contributed by atoms with E-state index in [0.29, 0.717) is 0 Å². The molecule has 16 heavy (non-hydrogen) atoms. The number of alkyl halides is 1. The zero-order chi connectivity index (χ0) is 12.1. The Morgan fingerprint density at radius 2 is 2.25 bits per heavy atom. The minimum atomic E-state index is -0.404. The molecule has 1 rings (SSSR count). The fourth-order valence-corrected chi connectivity index (χ4v) is 2.38. The minimum absolute atomic E-state index is 0.0859. The van der Waals surface area contributed by atoms with Gasteiger partial charge in [-0.2, -0.15) is 0 Å². The molecule has 1 aromatic rings. The number of nitro groups is 1. The predicted octanol–water partition coefficient (Wildman–Crippen LogP) is 4.31. The molecular weight excluding hydrogens is 293 g/mol. The summed E-state index contributed by atoms with van der Waals surface area (Å²) in [6, 6.07) is 4.79. The highest BCUT2D eigenvalue weighted by atomic mass is 79.9. The largest absolute Gasteiger partial charge is 0.270 e. The number of hydrogen-bond acceptors (Lipinski definition) is 2. The Hall–Kier alpha value is -0.610. The Morgan fingerprint density at radius 1 is 1.56 bits per heavy atom. The molecule has 5 heteroatoms. The SMILES string of the molecule is CCCC(Cl)Cc1ccc([N+](=O)[O-])cc1Br. The molecular formula is C11H13BrClNO2. The van der Waals surface area contributed by atoms with Crippen LogP contribution in [-0.2, 0) is 6.42 Å². The first-order chi connectivity index (χ1) is 7.54. The molecule has 0 radical (unpaired) electrons. The fourth-order valence-electron chi connectivity index (χ4n) is 1.47. The van der Waals surface area contributed by atoms with Crippen LogP contribution in [0.1, 0.15) is 25.3 Å². The highest BCUT2D eigenvalue weighted by Crippen LogP contribution is 2.25. The van der Waals surface area contributed by atoms with Gasteiger partial charge < -0.3 is 0 Å². The predicted molar refractivity (Wildman–Crippen MR) is 69.0 cm³/mol. The molecule has 1 aromatic carbocycles. The molecule has 0 aliphatic rings. The number of rotatable bonds is 5. The third-order valence-corrected chi connectivity index (χ3v) is 3.40. The molecule has 0 fully saturated rings. The van der Waals surface area contributed by atoms with E-state index in [-0.39, 0.29) is 11.1 Å². The van der Waals surface area contributed by atoms with Crippen molar-refractivity contribution >= 4 is 33.2 Å². The molecule has 0 amide bonds. The first-order valence-electron chi connectivity index (χ1n) is 5.11. The van der Waals surface area contributed by atoms with Crippen molar-refractivity contribution in [1.82, 2.24) is 0 Å². The Morgan fingerprint density at radius 3 is 2.75 bits per heavy atom. The molecule has 0 spiro atoms. The van der Waals surface area contributed by atoms with Crippen molar-refractivity contribution in [3.8, 4) is 0 Å². The lowest BCUT2D eigenvalue weighted by Crippen LogP contribution is -2.03. The second-order valence-corrected chi connectivity index (χ2v) is 5.09. The first kappa shape index (κ1) is 13.5. The molecule has 0 bridgehead atoms. The van der Waals surface area contributed by atoms with E-state index < -0.39 is 4.92 Å². The summed E-state index contributed by atoms with van der Waals surface area (Å²) in [7, 11) is 0. The van der Waals surface area contributed by atoms with Gasteiger partial charge in [0.05, 0.1) is 4.92 Å². The van der Waals surface area contributed by atoms with Crippen LogP contribution in [0.15, 0.2) is 22.7 Å². The van der Waals surface area contributed by atoms with Crippen LogP contribution >= 0.6 is 27.5 Å². The number of benzene rings is 1. The normalized spacial score (nSPS) is 12.4. The van der Waals surface area contributed by atoms with Gasteiger partial charge in [0, 0.05) is 22.0 Å². The van der Waals surface area contributed by atoms with Gasteiger partial charge in [-0.05, 0) is 18.4 Å². The summed E-state index contributed by atoms with van der Waals surface area (Å²) in [5.74, 6) is 0. The average molecular weight is 307 g/mol. The summed E-state index contributed by atoms with van der Waals surface area (Å²) < 4.78 is 0.753. The maximum absolute atomic E-state index is 10.5. The lowest BCUT2D eigenvalue weighted by atomic mass is 10.1. The fraction of sp³-hybridized carbons (Fsp3) is 0.455. The van der Waals surface area contributed by atoms with Crippen LogP contribution in [-0.4, -0.2) is 10.3 Å². The number of halogens is 2. The van der Waals surface area contributed by atoms with Crippen molar-refractivity contribution < 1.29 is 4.92 Å². The van der Waals surface area contributed by atoms with Crippen molar-refractivity contribution in [1.29, 1.82) is 0 Å². The van der Waals surface area contributed by atoms with E-state index in [9.17, 15) is 10.1 Å². The van der Waals surface area contributed by atoms with Crippen LogP contribution in [0.25, 0.3) is 0 Å². The van der Waals surface area contributed by atoms with Crippen molar-refractivity contribution in [3.05, 3.63) is 38.3 Å². The van der Waals surface area contributed by atoms with Gasteiger partial charge in [0.25, 0.3) is 5.69 Å². The van der Waals surface area contributed by atoms with Crippen molar-refractivity contribution in [2.24, 2.45) is 0 Å². The third kappa shape index (κ3) is 3.76. The van der Waals surface area contributed by atoms with E-state index in [1.807, 2.05) is 0 Å². The van der Waals surface area contributed by atoms with E-state index in [2.05, 4.69) is 22.9 Å². The third-order valence-electron chi connectivity index (χ3n) is 2.29. The number of hydrogen-bond donors (Lipinski definition) is 0. The average Bonchev–Trinajstić information content (AvgIpc) is 2.21. The van der Waals surface area contributed by atoms with Gasteiger partial charge in [0.15, 0.2) is 0 Å². The molecule has 1 unspecified atom stereocenters. The molecule has 0 aromatic heterocycles. The molecule has 0 saturated carbocycles. The summed E-state index contributed by atoms with van der Waals surface area (Å²) in [5.41, 5.74) is 1.11. The van der Waals surface area contributed by atoms with Gasteiger partial charge >= 0.3 is 0 Å². The summed E-state index contributed by atoms with van der Waals surface area (Å²) in [6.45, 7) is 2.08. The molecule has 3 nitrogen and oxygen atoms in total. The van der Waals surface area contributed by atoms with Crippen LogP contribution in [0.3, 0.4) is 0 Å². The van der Waals surface area contributed by atoms with Crippen LogP contribution in [0.5, 0.6) is 0 Å². The Bertz CT molecular complexity index is 384. The molecule has 0 aliphatic heterocycles. The summed E-state index contributed by atoms with van der Waals surface area (Å²) in [5, 5.41) is 10.6. The Balaban J connectivity index is 2.79. The zero-order valence-electron chi connectivity index (χ0n) is 8.95. The monoisotopic (exact) mass is 305 g/mol. The molecule has 88 valence electrons. The standard InChI is InChI=1S/C11H13BrClNO2/c1-2-3-9(13)6-8-4-5-10(14(15)16)7-11(8)12/h4-5,7,9H,2-3,6H2,1H3. The van der Waals surface area contributed by atoms with Gasteiger partial charge in [0.2, 0.25) is 0 Å². The lowest BCUT2D eigenvalue weighted by Gasteiger charge is -2.09. The second kappa shape index (κ2) is 6.21. The van der Waals surface area contributed by atoms with E-state index in [4.69, 9.17) is 11.6 Å². The van der Waals surface area contributed by atoms with Gasteiger partial charge in [-0.25, -0.2) is 0 Å². The van der Waals surface area contributed by atoms with Gasteiger partial charge in [-0.1, -0.05) is 35.3 Å². The number of nitro benzene ring substituents is 1. The van der Waals surface area contributed by atoms with E-state index in [1.54, 1.807) is 6.07 Å². The van der Waals surface area contributed by atoms with E-state index >= 15 is 0 Å². The zero-order valence-corrected chi connectivity index (χ0v) is 11.3. The maximum Gasteiger partial charge on any atom is 0.270 e.